The van der Waals surface area contributed by atoms with E-state index in [9.17, 15) is 14.4 Å². The molecule has 1 saturated heterocycles. The van der Waals surface area contributed by atoms with Gasteiger partial charge in [0.25, 0.3) is 11.8 Å². The van der Waals surface area contributed by atoms with E-state index < -0.39 is 11.8 Å². The molecular formula is C13H17BrN4O3. The van der Waals surface area contributed by atoms with Crippen molar-refractivity contribution in [1.29, 1.82) is 0 Å². The van der Waals surface area contributed by atoms with Crippen LogP contribution in [0, 0.1) is 0 Å². The van der Waals surface area contributed by atoms with Crippen LogP contribution < -0.4 is 10.9 Å². The van der Waals surface area contributed by atoms with Gasteiger partial charge in [-0.3, -0.25) is 25.2 Å². The third-order valence-corrected chi connectivity index (χ3v) is 3.67. The van der Waals surface area contributed by atoms with Gasteiger partial charge in [-0.1, -0.05) is 6.42 Å². The molecule has 0 aromatic carbocycles. The van der Waals surface area contributed by atoms with Crippen molar-refractivity contribution in [1.82, 2.24) is 20.7 Å². The molecule has 1 aromatic heterocycles. The Bertz CT molecular complexity index is 543. The summed E-state index contributed by atoms with van der Waals surface area (Å²) in [6, 6.07) is 1.60. The summed E-state index contributed by atoms with van der Waals surface area (Å²) in [5, 5.41) is 0. The highest BCUT2D eigenvalue weighted by Gasteiger charge is 2.19. The normalized spacial score (nSPS) is 15.5. The summed E-state index contributed by atoms with van der Waals surface area (Å²) in [5.41, 5.74) is 4.94. The van der Waals surface area contributed by atoms with Gasteiger partial charge in [-0.15, -0.1) is 0 Å². The van der Waals surface area contributed by atoms with Crippen molar-refractivity contribution in [2.45, 2.75) is 25.7 Å². The van der Waals surface area contributed by atoms with E-state index in [2.05, 4.69) is 31.8 Å². The summed E-state index contributed by atoms with van der Waals surface area (Å²) in [4.78, 5) is 39.5. The van der Waals surface area contributed by atoms with Gasteiger partial charge in [0.15, 0.2) is 0 Å². The molecule has 2 heterocycles. The third-order valence-electron chi connectivity index (χ3n) is 3.21. The predicted octanol–water partition coefficient (Wildman–Crippen LogP) is 0.941. The SMILES string of the molecule is O=C(CN1CCCCCC1=O)NNC(=O)c1cc(Br)c[nH]1. The maximum atomic E-state index is 11.8. The van der Waals surface area contributed by atoms with Crippen LogP contribution >= 0.6 is 15.9 Å². The fourth-order valence-corrected chi connectivity index (χ4v) is 2.45. The molecule has 1 aromatic rings. The molecule has 0 radical (unpaired) electrons. The monoisotopic (exact) mass is 356 g/mol. The van der Waals surface area contributed by atoms with E-state index in [1.165, 1.54) is 4.90 Å². The van der Waals surface area contributed by atoms with Crippen molar-refractivity contribution in [2.24, 2.45) is 0 Å². The quantitative estimate of drug-likeness (QED) is 0.703. The molecule has 1 fully saturated rings. The van der Waals surface area contributed by atoms with E-state index in [-0.39, 0.29) is 12.5 Å². The Balaban J connectivity index is 1.79. The van der Waals surface area contributed by atoms with Crippen LogP contribution in [0.15, 0.2) is 16.7 Å². The number of aromatic amines is 1. The van der Waals surface area contributed by atoms with Crippen LogP contribution in [0.2, 0.25) is 0 Å². The molecular weight excluding hydrogens is 340 g/mol. The standard InChI is InChI=1S/C13H17BrN4O3/c14-9-6-10(15-7-9)13(21)17-16-11(19)8-18-5-3-1-2-4-12(18)20/h6-7,15H,1-5,8H2,(H,16,19)(H,17,21). The zero-order valence-electron chi connectivity index (χ0n) is 11.4. The molecule has 1 aliphatic rings. The Labute approximate surface area is 130 Å². The van der Waals surface area contributed by atoms with Gasteiger partial charge in [-0.25, -0.2) is 0 Å². The molecule has 21 heavy (non-hydrogen) atoms. The number of hydrogen-bond donors (Lipinski definition) is 3. The molecule has 0 aliphatic carbocycles. The van der Waals surface area contributed by atoms with Crippen LogP contribution in [0.5, 0.6) is 0 Å². The molecule has 0 spiro atoms. The lowest BCUT2D eigenvalue weighted by atomic mass is 10.2. The highest BCUT2D eigenvalue weighted by Crippen LogP contribution is 2.11. The number of hydrazine groups is 1. The molecule has 114 valence electrons. The van der Waals surface area contributed by atoms with Gasteiger partial charge in [-0.05, 0) is 34.8 Å². The maximum Gasteiger partial charge on any atom is 0.286 e. The molecule has 0 saturated carbocycles. The molecule has 7 nitrogen and oxygen atoms in total. The number of nitrogens with one attached hydrogen (secondary N) is 3. The number of nitrogens with zero attached hydrogens (tertiary/aromatic N) is 1. The van der Waals surface area contributed by atoms with E-state index >= 15 is 0 Å². The first-order valence-corrected chi connectivity index (χ1v) is 7.56. The molecule has 1 aliphatic heterocycles. The summed E-state index contributed by atoms with van der Waals surface area (Å²) < 4.78 is 0.745. The summed E-state index contributed by atoms with van der Waals surface area (Å²) in [7, 11) is 0. The van der Waals surface area contributed by atoms with Crippen molar-refractivity contribution >= 4 is 33.7 Å². The minimum atomic E-state index is -0.448. The molecule has 2 rings (SSSR count). The van der Waals surface area contributed by atoms with E-state index in [4.69, 9.17) is 0 Å². The zero-order valence-corrected chi connectivity index (χ0v) is 13.0. The van der Waals surface area contributed by atoms with Crippen molar-refractivity contribution < 1.29 is 14.4 Å². The molecule has 8 heteroatoms. The van der Waals surface area contributed by atoms with Crippen molar-refractivity contribution in [3.63, 3.8) is 0 Å². The van der Waals surface area contributed by atoms with Crippen molar-refractivity contribution in [2.75, 3.05) is 13.1 Å². The van der Waals surface area contributed by atoms with Gasteiger partial charge in [0.05, 0.1) is 0 Å². The number of rotatable bonds is 3. The van der Waals surface area contributed by atoms with Crippen LogP contribution in [-0.4, -0.2) is 40.7 Å². The lowest BCUT2D eigenvalue weighted by molar-refractivity contribution is -0.135. The Morgan fingerprint density at radius 3 is 2.81 bits per heavy atom. The number of amides is 3. The molecule has 3 amide bonds. The van der Waals surface area contributed by atoms with Gasteiger partial charge in [-0.2, -0.15) is 0 Å². The van der Waals surface area contributed by atoms with Gasteiger partial charge in [0.1, 0.15) is 12.2 Å². The first-order valence-electron chi connectivity index (χ1n) is 6.77. The molecule has 0 atom stereocenters. The van der Waals surface area contributed by atoms with Crippen LogP contribution in [0.1, 0.15) is 36.2 Å². The molecule has 0 bridgehead atoms. The van der Waals surface area contributed by atoms with Gasteiger partial charge >= 0.3 is 0 Å². The zero-order chi connectivity index (χ0) is 15.2. The smallest absolute Gasteiger partial charge is 0.286 e. The van der Waals surface area contributed by atoms with E-state index in [0.29, 0.717) is 18.7 Å². The second-order valence-corrected chi connectivity index (χ2v) is 5.78. The number of likely N-dealkylation sites (tertiary alicyclic amines) is 1. The second kappa shape index (κ2) is 7.26. The minimum Gasteiger partial charge on any atom is -0.356 e. The number of aromatic nitrogens is 1. The number of carbonyl (C=O) groups is 3. The van der Waals surface area contributed by atoms with Crippen molar-refractivity contribution in [3.8, 4) is 0 Å². The first kappa shape index (κ1) is 15.6. The fourth-order valence-electron chi connectivity index (χ4n) is 2.11. The third kappa shape index (κ3) is 4.59. The van der Waals surface area contributed by atoms with Gasteiger partial charge in [0.2, 0.25) is 5.91 Å². The first-order chi connectivity index (χ1) is 10.1. The van der Waals surface area contributed by atoms with Crippen LogP contribution in [-0.2, 0) is 9.59 Å². The summed E-state index contributed by atoms with van der Waals surface area (Å²) in [5.74, 6) is -0.872. The highest BCUT2D eigenvalue weighted by atomic mass is 79.9. The Hall–Kier alpha value is -1.83. The van der Waals surface area contributed by atoms with Gasteiger partial charge in [0, 0.05) is 23.6 Å². The number of halogens is 1. The Kier molecular flexibility index (Phi) is 5.38. The van der Waals surface area contributed by atoms with Gasteiger partial charge < -0.3 is 9.88 Å². The number of hydrogen-bond acceptors (Lipinski definition) is 3. The Morgan fingerprint density at radius 2 is 2.10 bits per heavy atom. The lowest BCUT2D eigenvalue weighted by Crippen LogP contribution is -2.47. The molecule has 0 unspecified atom stereocenters. The average molecular weight is 357 g/mol. The van der Waals surface area contributed by atoms with Crippen LogP contribution in [0.4, 0.5) is 0 Å². The maximum absolute atomic E-state index is 11.8. The van der Waals surface area contributed by atoms with Crippen LogP contribution in [0.25, 0.3) is 0 Å². The fraction of sp³-hybridized carbons (Fsp3) is 0.462. The largest absolute Gasteiger partial charge is 0.356 e. The van der Waals surface area contributed by atoms with Crippen LogP contribution in [0.3, 0.4) is 0 Å². The average Bonchev–Trinajstić information content (AvgIpc) is 2.79. The highest BCUT2D eigenvalue weighted by molar-refractivity contribution is 9.10. The summed E-state index contributed by atoms with van der Waals surface area (Å²) in [6.45, 7) is 0.553. The number of H-pyrrole nitrogens is 1. The minimum absolute atomic E-state index is 0.0118. The Morgan fingerprint density at radius 1 is 1.29 bits per heavy atom. The van der Waals surface area contributed by atoms with E-state index in [1.807, 2.05) is 0 Å². The van der Waals surface area contributed by atoms with E-state index in [0.717, 1.165) is 23.7 Å². The van der Waals surface area contributed by atoms with E-state index in [1.54, 1.807) is 12.3 Å². The second-order valence-electron chi connectivity index (χ2n) is 4.86. The molecule has 3 N–H and O–H groups in total. The predicted molar refractivity (Wildman–Crippen MR) is 79.1 cm³/mol. The number of carbonyl (C=O) groups excluding carboxylic acids is 3. The summed E-state index contributed by atoms with van der Waals surface area (Å²) in [6.07, 6.45) is 4.88. The lowest BCUT2D eigenvalue weighted by Gasteiger charge is -2.19. The summed E-state index contributed by atoms with van der Waals surface area (Å²) >= 11 is 3.22. The topological polar surface area (TPSA) is 94.3 Å². The van der Waals surface area contributed by atoms with Crippen molar-refractivity contribution in [3.05, 3.63) is 22.4 Å².